The van der Waals surface area contributed by atoms with E-state index in [1.807, 2.05) is 38.1 Å². The van der Waals surface area contributed by atoms with E-state index < -0.39 is 0 Å². The number of carbonyl (C=O) groups is 1. The lowest BCUT2D eigenvalue weighted by molar-refractivity contribution is -0.112. The quantitative estimate of drug-likeness (QED) is 0.456. The van der Waals surface area contributed by atoms with Gasteiger partial charge in [0.25, 0.3) is 0 Å². The van der Waals surface area contributed by atoms with Gasteiger partial charge in [0, 0.05) is 0 Å². The summed E-state index contributed by atoms with van der Waals surface area (Å²) < 4.78 is 0. The highest BCUT2D eigenvalue weighted by atomic mass is 16.1. The van der Waals surface area contributed by atoms with Crippen molar-refractivity contribution in [2.75, 3.05) is 0 Å². The molecule has 0 fully saturated rings. The van der Waals surface area contributed by atoms with Crippen LogP contribution < -0.4 is 0 Å². The van der Waals surface area contributed by atoms with Gasteiger partial charge < -0.3 is 0 Å². The summed E-state index contributed by atoms with van der Waals surface area (Å²) in [7, 11) is 0. The lowest BCUT2D eigenvalue weighted by Crippen LogP contribution is -1.98. The summed E-state index contributed by atoms with van der Waals surface area (Å²) in [4.78, 5) is 11.8. The molecule has 0 atom stereocenters. The van der Waals surface area contributed by atoms with Gasteiger partial charge in [-0.2, -0.15) is 0 Å². The van der Waals surface area contributed by atoms with Crippen molar-refractivity contribution in [3.63, 3.8) is 0 Å². The Morgan fingerprint density at radius 2 is 1.76 bits per heavy atom. The van der Waals surface area contributed by atoms with Crippen LogP contribution in [0.15, 0.2) is 72.8 Å². The maximum Gasteiger partial charge on any atom is 0.152 e. The molecule has 1 nitrogen and oxygen atoms in total. The van der Waals surface area contributed by atoms with Crippen molar-refractivity contribution >= 4 is 16.9 Å². The van der Waals surface area contributed by atoms with E-state index in [4.69, 9.17) is 0 Å². The molecule has 0 saturated heterocycles. The van der Waals surface area contributed by atoms with Crippen molar-refractivity contribution in [2.24, 2.45) is 0 Å². The van der Waals surface area contributed by atoms with Crippen LogP contribution in [0.1, 0.15) is 43.0 Å². The maximum atomic E-state index is 11.8. The summed E-state index contributed by atoms with van der Waals surface area (Å²) in [5, 5.41) is 0. The molecule has 0 aliphatic rings. The van der Waals surface area contributed by atoms with Crippen molar-refractivity contribution in [1.29, 1.82) is 0 Å². The van der Waals surface area contributed by atoms with Gasteiger partial charge in [0.2, 0.25) is 0 Å². The van der Waals surface area contributed by atoms with E-state index >= 15 is 0 Å². The molecule has 0 N–H and O–H groups in total. The first-order chi connectivity index (χ1) is 12.0. The van der Waals surface area contributed by atoms with Gasteiger partial charge in [0.1, 0.15) is 0 Å². The molecule has 1 heteroatoms. The molecule has 128 valence electrons. The molecule has 0 spiro atoms. The Bertz CT molecular complexity index is 820. The fourth-order valence-electron chi connectivity index (χ4n) is 2.97. The third-order valence-electron chi connectivity index (χ3n) is 4.19. The molecule has 0 bridgehead atoms. The highest BCUT2D eigenvalue weighted by molar-refractivity contribution is 5.96. The third kappa shape index (κ3) is 5.15. The summed E-state index contributed by atoms with van der Waals surface area (Å²) in [5.74, 6) is 0.0791. The molecule has 0 amide bonds. The fraction of sp³-hybridized carbons (Fsp3) is 0.208. The second-order valence-electron chi connectivity index (χ2n) is 6.22. The molecule has 2 aromatic rings. The van der Waals surface area contributed by atoms with Crippen LogP contribution >= 0.6 is 0 Å². The fourth-order valence-corrected chi connectivity index (χ4v) is 2.97. The minimum Gasteiger partial charge on any atom is -0.295 e. The van der Waals surface area contributed by atoms with Gasteiger partial charge in [0.05, 0.1) is 0 Å². The van der Waals surface area contributed by atoms with E-state index in [1.165, 1.54) is 22.3 Å². The van der Waals surface area contributed by atoms with E-state index in [1.54, 1.807) is 13.0 Å². The number of hydrogen-bond donors (Lipinski definition) is 0. The number of rotatable bonds is 6. The Kier molecular flexibility index (Phi) is 6.71. The van der Waals surface area contributed by atoms with Crippen LogP contribution in [-0.4, -0.2) is 5.78 Å². The van der Waals surface area contributed by atoms with Crippen molar-refractivity contribution in [3.8, 4) is 0 Å². The van der Waals surface area contributed by atoms with E-state index in [0.29, 0.717) is 0 Å². The van der Waals surface area contributed by atoms with Crippen molar-refractivity contribution in [2.45, 2.75) is 34.1 Å². The summed E-state index contributed by atoms with van der Waals surface area (Å²) in [5.41, 5.74) is 6.95. The lowest BCUT2D eigenvalue weighted by Gasteiger charge is -2.14. The molecular weight excluding hydrogens is 304 g/mol. The maximum absolute atomic E-state index is 11.8. The van der Waals surface area contributed by atoms with Crippen molar-refractivity contribution < 1.29 is 4.79 Å². The van der Waals surface area contributed by atoms with Crippen molar-refractivity contribution in [3.05, 3.63) is 95.1 Å². The molecular formula is C24H26O. The number of allylic oxidation sites excluding steroid dienone is 6. The predicted molar refractivity (Wildman–Crippen MR) is 108 cm³/mol. The lowest BCUT2D eigenvalue weighted by atomic mass is 9.91. The average Bonchev–Trinajstić information content (AvgIpc) is 2.60. The van der Waals surface area contributed by atoms with E-state index in [-0.39, 0.29) is 5.78 Å². The van der Waals surface area contributed by atoms with Crippen LogP contribution in [0, 0.1) is 6.92 Å². The zero-order valence-corrected chi connectivity index (χ0v) is 15.5. The minimum atomic E-state index is 0.0791. The molecule has 2 aromatic carbocycles. The van der Waals surface area contributed by atoms with Crippen LogP contribution in [0.5, 0.6) is 0 Å². The number of hydrogen-bond acceptors (Lipinski definition) is 1. The molecule has 0 radical (unpaired) electrons. The highest BCUT2D eigenvalue weighted by Gasteiger charge is 2.10. The minimum absolute atomic E-state index is 0.0791. The Balaban J connectivity index is 2.51. The zero-order valence-electron chi connectivity index (χ0n) is 15.5. The largest absolute Gasteiger partial charge is 0.295 e. The van der Waals surface area contributed by atoms with Gasteiger partial charge in [-0.25, -0.2) is 0 Å². The number of aryl methyl sites for hydroxylation is 1. The molecule has 0 aliphatic heterocycles. The summed E-state index contributed by atoms with van der Waals surface area (Å²) in [6.07, 6.45) is 8.79. The van der Waals surface area contributed by atoms with Crippen molar-refractivity contribution in [1.82, 2.24) is 0 Å². The molecule has 0 saturated carbocycles. The normalized spacial score (nSPS) is 12.6. The number of benzene rings is 2. The van der Waals surface area contributed by atoms with Gasteiger partial charge in [-0.1, -0.05) is 60.7 Å². The van der Waals surface area contributed by atoms with E-state index in [2.05, 4.69) is 49.4 Å². The predicted octanol–water partition coefficient (Wildman–Crippen LogP) is 6.19. The molecule has 0 heterocycles. The average molecular weight is 330 g/mol. The van der Waals surface area contributed by atoms with Gasteiger partial charge in [-0.15, -0.1) is 0 Å². The van der Waals surface area contributed by atoms with Crippen LogP contribution in [0.25, 0.3) is 11.1 Å². The summed E-state index contributed by atoms with van der Waals surface area (Å²) in [6.45, 7) is 7.78. The van der Waals surface area contributed by atoms with Crippen LogP contribution in [0.2, 0.25) is 0 Å². The second-order valence-corrected chi connectivity index (χ2v) is 6.22. The van der Waals surface area contributed by atoms with E-state index in [9.17, 15) is 4.79 Å². The van der Waals surface area contributed by atoms with Gasteiger partial charge >= 0.3 is 0 Å². The smallest absolute Gasteiger partial charge is 0.152 e. The van der Waals surface area contributed by atoms with E-state index in [0.717, 1.165) is 17.6 Å². The van der Waals surface area contributed by atoms with Gasteiger partial charge in [-0.3, -0.25) is 4.79 Å². The Morgan fingerprint density at radius 1 is 1.04 bits per heavy atom. The topological polar surface area (TPSA) is 17.1 Å². The Morgan fingerprint density at radius 3 is 2.36 bits per heavy atom. The standard InChI is InChI=1S/C24H26O/c1-5-10-21(6-2)22-14-13-18(3)24(17-22)23(15-19(4)25)16-20-11-8-7-9-12-20/h5-15,17H,16H2,1-4H3/b10-5-,21-6+,23-15-. The molecule has 0 aromatic heterocycles. The van der Waals surface area contributed by atoms with Crippen LogP contribution in [-0.2, 0) is 11.2 Å². The Labute approximate surface area is 151 Å². The van der Waals surface area contributed by atoms with Crippen LogP contribution in [0.3, 0.4) is 0 Å². The monoisotopic (exact) mass is 330 g/mol. The highest BCUT2D eigenvalue weighted by Crippen LogP contribution is 2.27. The number of carbonyl (C=O) groups excluding carboxylic acids is 1. The first kappa shape index (κ1) is 18.7. The molecule has 0 aliphatic carbocycles. The first-order valence-corrected chi connectivity index (χ1v) is 8.70. The summed E-state index contributed by atoms with van der Waals surface area (Å²) >= 11 is 0. The molecule has 2 rings (SSSR count). The zero-order chi connectivity index (χ0) is 18.2. The second kappa shape index (κ2) is 8.98. The van der Waals surface area contributed by atoms with Gasteiger partial charge in [0.15, 0.2) is 5.78 Å². The third-order valence-corrected chi connectivity index (χ3v) is 4.19. The summed E-state index contributed by atoms with van der Waals surface area (Å²) in [6, 6.07) is 16.8. The Hall–Kier alpha value is -2.67. The molecule has 25 heavy (non-hydrogen) atoms. The van der Waals surface area contributed by atoms with Crippen LogP contribution in [0.4, 0.5) is 0 Å². The first-order valence-electron chi connectivity index (χ1n) is 8.70. The SMILES string of the molecule is C/C=C\C(=C/C)c1ccc(C)c(/C(=C\C(C)=O)Cc2ccccc2)c1. The molecule has 0 unspecified atom stereocenters. The number of ketones is 1. The van der Waals surface area contributed by atoms with Gasteiger partial charge in [-0.05, 0) is 79.7 Å².